The first-order valence-corrected chi connectivity index (χ1v) is 5.52. The van der Waals surface area contributed by atoms with Gasteiger partial charge in [0.05, 0.1) is 0 Å². The van der Waals surface area contributed by atoms with Gasteiger partial charge in [-0.05, 0) is 20.3 Å². The summed E-state index contributed by atoms with van der Waals surface area (Å²) in [6.45, 7) is 7.09. The first kappa shape index (κ1) is 13.2. The number of nitrogens with zero attached hydrogens (tertiary/aromatic N) is 1. The SMILES string of the molecule is CCCCCC(C)NC(=NCC)NN. The van der Waals surface area contributed by atoms with Crippen LogP contribution < -0.4 is 16.6 Å². The molecule has 0 spiro atoms. The number of hydrogen-bond donors (Lipinski definition) is 3. The Morgan fingerprint density at radius 2 is 2.07 bits per heavy atom. The molecule has 0 aliphatic rings. The van der Waals surface area contributed by atoms with Crippen molar-refractivity contribution < 1.29 is 0 Å². The van der Waals surface area contributed by atoms with Crippen molar-refractivity contribution in [3.05, 3.63) is 0 Å². The summed E-state index contributed by atoms with van der Waals surface area (Å²) in [5, 5.41) is 3.24. The molecule has 0 heterocycles. The highest BCUT2D eigenvalue weighted by Crippen LogP contribution is 2.02. The van der Waals surface area contributed by atoms with Gasteiger partial charge in [0, 0.05) is 12.6 Å². The number of nitrogens with two attached hydrogens (primary N) is 1. The molecular weight excluding hydrogens is 176 g/mol. The first-order chi connectivity index (χ1) is 6.74. The van der Waals surface area contributed by atoms with Gasteiger partial charge < -0.3 is 5.32 Å². The van der Waals surface area contributed by atoms with E-state index < -0.39 is 0 Å². The average molecular weight is 200 g/mol. The Hall–Kier alpha value is -0.770. The van der Waals surface area contributed by atoms with Gasteiger partial charge in [0.25, 0.3) is 0 Å². The lowest BCUT2D eigenvalue weighted by Gasteiger charge is -2.15. The van der Waals surface area contributed by atoms with E-state index >= 15 is 0 Å². The van der Waals surface area contributed by atoms with Crippen LogP contribution in [0.25, 0.3) is 0 Å². The van der Waals surface area contributed by atoms with Gasteiger partial charge in [-0.1, -0.05) is 26.2 Å². The van der Waals surface area contributed by atoms with E-state index in [0.717, 1.165) is 13.0 Å². The van der Waals surface area contributed by atoms with Gasteiger partial charge in [0.1, 0.15) is 0 Å². The van der Waals surface area contributed by atoms with Crippen LogP contribution in [0.2, 0.25) is 0 Å². The zero-order valence-corrected chi connectivity index (χ0v) is 9.64. The molecule has 4 heteroatoms. The second-order valence-corrected chi connectivity index (χ2v) is 3.51. The Morgan fingerprint density at radius 3 is 2.57 bits per heavy atom. The molecule has 0 aliphatic carbocycles. The number of hydrogen-bond acceptors (Lipinski definition) is 2. The molecule has 84 valence electrons. The van der Waals surface area contributed by atoms with Crippen LogP contribution in [0.3, 0.4) is 0 Å². The third-order valence-electron chi connectivity index (χ3n) is 2.08. The summed E-state index contributed by atoms with van der Waals surface area (Å²) in [5.41, 5.74) is 2.56. The topological polar surface area (TPSA) is 62.4 Å². The van der Waals surface area contributed by atoms with Gasteiger partial charge in [-0.25, -0.2) is 5.84 Å². The first-order valence-electron chi connectivity index (χ1n) is 5.52. The summed E-state index contributed by atoms with van der Waals surface area (Å²) in [7, 11) is 0. The van der Waals surface area contributed by atoms with E-state index in [9.17, 15) is 0 Å². The molecule has 0 saturated carbocycles. The van der Waals surface area contributed by atoms with Crippen molar-refractivity contribution in [2.75, 3.05) is 6.54 Å². The molecular formula is C10H24N4. The highest BCUT2D eigenvalue weighted by molar-refractivity contribution is 5.79. The summed E-state index contributed by atoms with van der Waals surface area (Å²) in [6.07, 6.45) is 4.98. The summed E-state index contributed by atoms with van der Waals surface area (Å²) in [5.74, 6) is 6.01. The highest BCUT2D eigenvalue weighted by Gasteiger charge is 2.02. The number of unbranched alkanes of at least 4 members (excludes halogenated alkanes) is 2. The summed E-state index contributed by atoms with van der Waals surface area (Å²) in [6, 6.07) is 0.433. The van der Waals surface area contributed by atoms with Crippen molar-refractivity contribution in [3.63, 3.8) is 0 Å². The molecule has 4 N–H and O–H groups in total. The molecule has 0 radical (unpaired) electrons. The summed E-state index contributed by atoms with van der Waals surface area (Å²) >= 11 is 0. The lowest BCUT2D eigenvalue weighted by atomic mass is 10.1. The molecule has 0 amide bonds. The van der Waals surface area contributed by atoms with E-state index in [1.807, 2.05) is 6.92 Å². The van der Waals surface area contributed by atoms with E-state index in [0.29, 0.717) is 12.0 Å². The molecule has 0 aliphatic heterocycles. The summed E-state index contributed by atoms with van der Waals surface area (Å²) in [4.78, 5) is 4.18. The van der Waals surface area contributed by atoms with Crippen LogP contribution in [-0.4, -0.2) is 18.5 Å². The van der Waals surface area contributed by atoms with E-state index in [4.69, 9.17) is 5.84 Å². The van der Waals surface area contributed by atoms with E-state index in [1.54, 1.807) is 0 Å². The largest absolute Gasteiger partial charge is 0.353 e. The fourth-order valence-corrected chi connectivity index (χ4v) is 1.30. The van der Waals surface area contributed by atoms with Crippen LogP contribution in [0.1, 0.15) is 46.5 Å². The molecule has 0 bridgehead atoms. The number of rotatable bonds is 6. The maximum Gasteiger partial charge on any atom is 0.205 e. The molecule has 1 atom stereocenters. The maximum absolute atomic E-state index is 5.32. The molecule has 0 saturated heterocycles. The van der Waals surface area contributed by atoms with Crippen molar-refractivity contribution in [2.45, 2.75) is 52.5 Å². The number of guanidine groups is 1. The zero-order chi connectivity index (χ0) is 10.8. The molecule has 0 aromatic carbocycles. The van der Waals surface area contributed by atoms with Crippen LogP contribution in [0, 0.1) is 0 Å². The third-order valence-corrected chi connectivity index (χ3v) is 2.08. The van der Waals surface area contributed by atoms with Gasteiger partial charge in [0.15, 0.2) is 0 Å². The fourth-order valence-electron chi connectivity index (χ4n) is 1.30. The molecule has 0 rings (SSSR count). The van der Waals surface area contributed by atoms with Gasteiger partial charge in [0.2, 0.25) is 5.96 Å². The van der Waals surface area contributed by atoms with Crippen LogP contribution >= 0.6 is 0 Å². The van der Waals surface area contributed by atoms with Crippen molar-refractivity contribution in [3.8, 4) is 0 Å². The predicted molar refractivity (Wildman–Crippen MR) is 62.0 cm³/mol. The highest BCUT2D eigenvalue weighted by atomic mass is 15.3. The number of nitrogens with one attached hydrogen (secondary N) is 2. The fraction of sp³-hybridized carbons (Fsp3) is 0.900. The molecule has 14 heavy (non-hydrogen) atoms. The smallest absolute Gasteiger partial charge is 0.205 e. The number of aliphatic imine (C=N–C) groups is 1. The lowest BCUT2D eigenvalue weighted by Crippen LogP contribution is -2.45. The van der Waals surface area contributed by atoms with Crippen molar-refractivity contribution >= 4 is 5.96 Å². The van der Waals surface area contributed by atoms with E-state index in [1.165, 1.54) is 19.3 Å². The minimum Gasteiger partial charge on any atom is -0.353 e. The van der Waals surface area contributed by atoms with Crippen LogP contribution in [-0.2, 0) is 0 Å². The standard InChI is InChI=1S/C10H24N4/c1-4-6-7-8-9(3)13-10(14-11)12-5-2/h9H,4-8,11H2,1-3H3,(H2,12,13,14). The zero-order valence-electron chi connectivity index (χ0n) is 9.64. The Balaban J connectivity index is 3.67. The average Bonchev–Trinajstić information content (AvgIpc) is 2.17. The monoisotopic (exact) mass is 200 g/mol. The Morgan fingerprint density at radius 1 is 1.36 bits per heavy atom. The van der Waals surface area contributed by atoms with Crippen molar-refractivity contribution in [1.82, 2.24) is 10.7 Å². The van der Waals surface area contributed by atoms with E-state index in [-0.39, 0.29) is 0 Å². The Labute approximate surface area is 87.3 Å². The predicted octanol–water partition coefficient (Wildman–Crippen LogP) is 1.38. The summed E-state index contributed by atoms with van der Waals surface area (Å²) < 4.78 is 0. The Kier molecular flexibility index (Phi) is 8.33. The van der Waals surface area contributed by atoms with Gasteiger partial charge in [-0.3, -0.25) is 10.4 Å². The molecule has 0 aromatic heterocycles. The molecule has 0 aromatic rings. The third kappa shape index (κ3) is 6.71. The minimum absolute atomic E-state index is 0.433. The quantitative estimate of drug-likeness (QED) is 0.200. The van der Waals surface area contributed by atoms with Crippen molar-refractivity contribution in [1.29, 1.82) is 0 Å². The lowest BCUT2D eigenvalue weighted by molar-refractivity contribution is 0.547. The maximum atomic E-state index is 5.32. The second kappa shape index (κ2) is 8.81. The minimum atomic E-state index is 0.433. The van der Waals surface area contributed by atoms with Crippen LogP contribution in [0.15, 0.2) is 4.99 Å². The van der Waals surface area contributed by atoms with Gasteiger partial charge >= 0.3 is 0 Å². The Bertz CT molecular complexity index is 156. The van der Waals surface area contributed by atoms with E-state index in [2.05, 4.69) is 29.6 Å². The van der Waals surface area contributed by atoms with Crippen molar-refractivity contribution in [2.24, 2.45) is 10.8 Å². The second-order valence-electron chi connectivity index (χ2n) is 3.51. The molecule has 4 nitrogen and oxygen atoms in total. The molecule has 0 fully saturated rings. The number of hydrazine groups is 1. The van der Waals surface area contributed by atoms with Crippen LogP contribution in [0.4, 0.5) is 0 Å². The molecule has 1 unspecified atom stereocenters. The van der Waals surface area contributed by atoms with Crippen LogP contribution in [0.5, 0.6) is 0 Å². The van der Waals surface area contributed by atoms with Gasteiger partial charge in [-0.2, -0.15) is 0 Å². The van der Waals surface area contributed by atoms with Gasteiger partial charge in [-0.15, -0.1) is 0 Å². The normalized spacial score (nSPS) is 13.9.